The molecule has 0 spiro atoms. The molecule has 1 aromatic carbocycles. The molecule has 0 aliphatic carbocycles. The summed E-state index contributed by atoms with van der Waals surface area (Å²) in [5.41, 5.74) is 1.30. The predicted molar refractivity (Wildman–Crippen MR) is 80.1 cm³/mol. The van der Waals surface area contributed by atoms with Gasteiger partial charge >= 0.3 is 0 Å². The number of carbonyl (C=O) groups excluding carboxylic acids is 1. The molecule has 0 unspecified atom stereocenters. The molecule has 1 saturated heterocycles. The molecule has 5 heteroatoms. The van der Waals surface area contributed by atoms with Crippen LogP contribution in [0.2, 0.25) is 0 Å². The summed E-state index contributed by atoms with van der Waals surface area (Å²) >= 11 is 1.68. The lowest BCUT2D eigenvalue weighted by molar-refractivity contribution is -0.120. The van der Waals surface area contributed by atoms with E-state index in [-0.39, 0.29) is 11.2 Å². The van der Waals surface area contributed by atoms with Gasteiger partial charge < -0.3 is 10.1 Å². The summed E-state index contributed by atoms with van der Waals surface area (Å²) in [6, 6.07) is 8.28. The monoisotopic (exact) mass is 292 g/mol. The number of carbonyl (C=O) groups is 1. The Kier molecular flexibility index (Phi) is 4.60. The fourth-order valence-corrected chi connectivity index (χ4v) is 3.82. The van der Waals surface area contributed by atoms with E-state index in [0.29, 0.717) is 0 Å². The summed E-state index contributed by atoms with van der Waals surface area (Å²) < 4.78 is 5.31. The zero-order valence-electron chi connectivity index (χ0n) is 11.5. The third-order valence-electron chi connectivity index (χ3n) is 3.77. The van der Waals surface area contributed by atoms with Crippen molar-refractivity contribution in [2.24, 2.45) is 0 Å². The van der Waals surface area contributed by atoms with Crippen LogP contribution >= 0.6 is 11.8 Å². The molecule has 3 rings (SSSR count). The molecule has 0 bridgehead atoms. The molecule has 1 atom stereocenters. The topological polar surface area (TPSA) is 41.6 Å². The molecule has 1 aromatic rings. The number of hydrogen-bond acceptors (Lipinski definition) is 4. The summed E-state index contributed by atoms with van der Waals surface area (Å²) in [5.74, 6) is 0.166. The van der Waals surface area contributed by atoms with E-state index in [2.05, 4.69) is 22.3 Å². The van der Waals surface area contributed by atoms with E-state index in [4.69, 9.17) is 4.74 Å². The largest absolute Gasteiger partial charge is 0.379 e. The number of thioether (sulfide) groups is 1. The second-order valence-corrected chi connectivity index (χ2v) is 6.41. The van der Waals surface area contributed by atoms with Crippen molar-refractivity contribution in [3.8, 4) is 0 Å². The van der Waals surface area contributed by atoms with Crippen LogP contribution in [0.15, 0.2) is 29.2 Å². The lowest BCUT2D eigenvalue weighted by Crippen LogP contribution is -2.42. The Morgan fingerprint density at radius 3 is 2.95 bits per heavy atom. The fraction of sp³-hybridized carbons (Fsp3) is 0.533. The van der Waals surface area contributed by atoms with Gasteiger partial charge in [0.2, 0.25) is 5.91 Å². The Hall–Kier alpha value is -1.04. The van der Waals surface area contributed by atoms with E-state index in [1.54, 1.807) is 11.8 Å². The standard InChI is InChI=1S/C15H20N2O2S/c18-15(16-5-6-17-7-9-19-10-8-17)14-11-12-3-1-2-4-13(12)20-14/h1-4,14H,5-11H2,(H,16,18)/t14-/m1/s1. The number of amides is 1. The van der Waals surface area contributed by atoms with E-state index < -0.39 is 0 Å². The molecule has 0 saturated carbocycles. The smallest absolute Gasteiger partial charge is 0.233 e. The number of hydrogen-bond donors (Lipinski definition) is 1. The van der Waals surface area contributed by atoms with Crippen molar-refractivity contribution < 1.29 is 9.53 Å². The highest BCUT2D eigenvalue weighted by atomic mass is 32.2. The van der Waals surface area contributed by atoms with Gasteiger partial charge in [-0.05, 0) is 18.1 Å². The second kappa shape index (κ2) is 6.61. The first-order valence-electron chi connectivity index (χ1n) is 7.15. The molecule has 1 fully saturated rings. The zero-order valence-corrected chi connectivity index (χ0v) is 12.3. The summed E-state index contributed by atoms with van der Waals surface area (Å²) in [7, 11) is 0. The van der Waals surface area contributed by atoms with Gasteiger partial charge in [0.25, 0.3) is 0 Å². The van der Waals surface area contributed by atoms with Gasteiger partial charge in [0.15, 0.2) is 0 Å². The van der Waals surface area contributed by atoms with Crippen molar-refractivity contribution in [3.63, 3.8) is 0 Å². The Bertz CT molecular complexity index is 450. The maximum atomic E-state index is 12.2. The summed E-state index contributed by atoms with van der Waals surface area (Å²) in [4.78, 5) is 15.8. The van der Waals surface area contributed by atoms with Crippen molar-refractivity contribution in [1.29, 1.82) is 0 Å². The van der Waals surface area contributed by atoms with Gasteiger partial charge in [-0.1, -0.05) is 18.2 Å². The van der Waals surface area contributed by atoms with E-state index in [1.807, 2.05) is 12.1 Å². The van der Waals surface area contributed by atoms with Crippen LogP contribution in [-0.4, -0.2) is 55.4 Å². The number of morpholine rings is 1. The van der Waals surface area contributed by atoms with Crippen LogP contribution in [0.25, 0.3) is 0 Å². The molecule has 0 radical (unpaired) electrons. The minimum absolute atomic E-state index is 0.0390. The highest BCUT2D eigenvalue weighted by Crippen LogP contribution is 2.36. The molecule has 2 heterocycles. The van der Waals surface area contributed by atoms with Crippen molar-refractivity contribution in [3.05, 3.63) is 29.8 Å². The Morgan fingerprint density at radius 2 is 2.15 bits per heavy atom. The molecule has 0 aromatic heterocycles. The van der Waals surface area contributed by atoms with Crippen molar-refractivity contribution >= 4 is 17.7 Å². The van der Waals surface area contributed by atoms with Crippen molar-refractivity contribution in [1.82, 2.24) is 10.2 Å². The van der Waals surface area contributed by atoms with E-state index in [1.165, 1.54) is 10.5 Å². The van der Waals surface area contributed by atoms with Crippen LogP contribution in [0, 0.1) is 0 Å². The number of rotatable bonds is 4. The van der Waals surface area contributed by atoms with Crippen LogP contribution in [0.3, 0.4) is 0 Å². The quantitative estimate of drug-likeness (QED) is 0.904. The molecule has 108 valence electrons. The minimum Gasteiger partial charge on any atom is -0.379 e. The third-order valence-corrected chi connectivity index (χ3v) is 5.09. The zero-order chi connectivity index (χ0) is 13.8. The van der Waals surface area contributed by atoms with Crippen molar-refractivity contribution in [2.75, 3.05) is 39.4 Å². The van der Waals surface area contributed by atoms with E-state index in [0.717, 1.165) is 45.8 Å². The van der Waals surface area contributed by atoms with Crippen LogP contribution in [0.5, 0.6) is 0 Å². The second-order valence-electron chi connectivity index (χ2n) is 5.16. The normalized spacial score (nSPS) is 22.5. The molecular weight excluding hydrogens is 272 g/mol. The molecule has 1 amide bonds. The number of fused-ring (bicyclic) bond motifs is 1. The van der Waals surface area contributed by atoms with Gasteiger partial charge in [-0.3, -0.25) is 9.69 Å². The minimum atomic E-state index is 0.0390. The van der Waals surface area contributed by atoms with Gasteiger partial charge in [0.1, 0.15) is 0 Å². The number of nitrogens with zero attached hydrogens (tertiary/aromatic N) is 1. The highest BCUT2D eigenvalue weighted by molar-refractivity contribution is 8.01. The first-order valence-corrected chi connectivity index (χ1v) is 8.03. The summed E-state index contributed by atoms with van der Waals surface area (Å²) in [6.45, 7) is 5.20. The predicted octanol–water partition coefficient (Wildman–Crippen LogP) is 1.15. The first-order chi connectivity index (χ1) is 9.83. The van der Waals surface area contributed by atoms with Gasteiger partial charge in [0, 0.05) is 31.1 Å². The number of benzene rings is 1. The first kappa shape index (κ1) is 13.9. The van der Waals surface area contributed by atoms with E-state index >= 15 is 0 Å². The van der Waals surface area contributed by atoms with Crippen LogP contribution in [0.4, 0.5) is 0 Å². The van der Waals surface area contributed by atoms with Gasteiger partial charge in [0.05, 0.1) is 18.5 Å². The number of ether oxygens (including phenoxy) is 1. The van der Waals surface area contributed by atoms with Gasteiger partial charge in [-0.25, -0.2) is 0 Å². The highest BCUT2D eigenvalue weighted by Gasteiger charge is 2.27. The van der Waals surface area contributed by atoms with Gasteiger partial charge in [-0.15, -0.1) is 11.8 Å². The third kappa shape index (κ3) is 3.34. The molecule has 1 N–H and O–H groups in total. The summed E-state index contributed by atoms with van der Waals surface area (Å²) in [5, 5.41) is 3.10. The molecule has 4 nitrogen and oxygen atoms in total. The molecule has 20 heavy (non-hydrogen) atoms. The Morgan fingerprint density at radius 1 is 1.35 bits per heavy atom. The lowest BCUT2D eigenvalue weighted by Gasteiger charge is -2.26. The van der Waals surface area contributed by atoms with Crippen LogP contribution in [0.1, 0.15) is 5.56 Å². The average molecular weight is 292 g/mol. The maximum absolute atomic E-state index is 12.2. The number of nitrogens with one attached hydrogen (secondary N) is 1. The van der Waals surface area contributed by atoms with Crippen molar-refractivity contribution in [2.45, 2.75) is 16.6 Å². The maximum Gasteiger partial charge on any atom is 0.233 e. The molecular formula is C15H20N2O2S. The molecule has 2 aliphatic heterocycles. The Balaban J connectivity index is 1.42. The Labute approximate surface area is 123 Å². The lowest BCUT2D eigenvalue weighted by atomic mass is 10.1. The van der Waals surface area contributed by atoms with Crippen LogP contribution in [-0.2, 0) is 16.0 Å². The SMILES string of the molecule is O=C(NCCN1CCOCC1)[C@H]1Cc2ccccc2S1. The fourth-order valence-electron chi connectivity index (χ4n) is 2.60. The molecule has 2 aliphatic rings. The van der Waals surface area contributed by atoms with Crippen LogP contribution < -0.4 is 5.32 Å². The van der Waals surface area contributed by atoms with E-state index in [9.17, 15) is 4.79 Å². The van der Waals surface area contributed by atoms with Gasteiger partial charge in [-0.2, -0.15) is 0 Å². The average Bonchev–Trinajstić information content (AvgIpc) is 2.92. The summed E-state index contributed by atoms with van der Waals surface area (Å²) in [6.07, 6.45) is 0.851.